The van der Waals surface area contributed by atoms with Crippen LogP contribution in [0.1, 0.15) is 39.0 Å². The number of hydrogen-bond acceptors (Lipinski definition) is 3. The number of pyridine rings is 1. The Morgan fingerprint density at radius 1 is 1.14 bits per heavy atom. The van der Waals surface area contributed by atoms with Gasteiger partial charge in [-0.2, -0.15) is 0 Å². The van der Waals surface area contributed by atoms with Gasteiger partial charge in [-0.05, 0) is 68.3 Å². The minimum Gasteiger partial charge on any atom is -0.382 e. The summed E-state index contributed by atoms with van der Waals surface area (Å²) in [5.41, 5.74) is 1.09. The van der Waals surface area contributed by atoms with Gasteiger partial charge in [0.2, 0.25) is 0 Å². The highest BCUT2D eigenvalue weighted by Crippen LogP contribution is 2.24. The number of aromatic amines is 1. The Bertz CT molecular complexity index is 671. The summed E-state index contributed by atoms with van der Waals surface area (Å²) < 4.78 is 0. The molecule has 1 aromatic carbocycles. The fourth-order valence-corrected chi connectivity index (χ4v) is 3.31. The molecule has 0 unspecified atom stereocenters. The Labute approximate surface area is 131 Å². The van der Waals surface area contributed by atoms with Gasteiger partial charge in [0.25, 0.3) is 5.56 Å². The van der Waals surface area contributed by atoms with E-state index in [4.69, 9.17) is 0 Å². The molecule has 1 aliphatic carbocycles. The van der Waals surface area contributed by atoms with E-state index in [2.05, 4.69) is 28.6 Å². The molecule has 0 aliphatic heterocycles. The normalized spacial score (nSPS) is 21.9. The molecular weight excluding hydrogens is 274 g/mol. The molecule has 3 rings (SSSR count). The van der Waals surface area contributed by atoms with Gasteiger partial charge in [-0.3, -0.25) is 4.79 Å². The minimum atomic E-state index is -0.0217. The number of H-pyrrole nitrogens is 1. The van der Waals surface area contributed by atoms with Crippen molar-refractivity contribution < 1.29 is 0 Å². The zero-order chi connectivity index (χ0) is 15.4. The third-order valence-corrected chi connectivity index (χ3v) is 4.55. The first-order chi connectivity index (χ1) is 10.8. The second-order valence-electron chi connectivity index (χ2n) is 6.26. The van der Waals surface area contributed by atoms with E-state index in [9.17, 15) is 4.79 Å². The quantitative estimate of drug-likeness (QED) is 0.794. The number of benzene rings is 1. The van der Waals surface area contributed by atoms with Gasteiger partial charge in [-0.1, -0.05) is 6.92 Å². The van der Waals surface area contributed by atoms with Gasteiger partial charge >= 0.3 is 0 Å². The number of fused-ring (bicyclic) bond motifs is 1. The van der Waals surface area contributed by atoms with E-state index in [1.807, 2.05) is 18.2 Å². The molecule has 0 atom stereocenters. The highest BCUT2D eigenvalue weighted by molar-refractivity contribution is 5.84. The molecule has 22 heavy (non-hydrogen) atoms. The van der Waals surface area contributed by atoms with Crippen molar-refractivity contribution >= 4 is 16.5 Å². The first-order valence-corrected chi connectivity index (χ1v) is 8.37. The molecule has 0 spiro atoms. The molecule has 1 heterocycles. The van der Waals surface area contributed by atoms with Crippen LogP contribution in [0.3, 0.4) is 0 Å². The number of aromatic nitrogens is 1. The summed E-state index contributed by atoms with van der Waals surface area (Å²) in [6.45, 7) is 3.34. The van der Waals surface area contributed by atoms with Crippen LogP contribution >= 0.6 is 0 Å². The average molecular weight is 299 g/mol. The van der Waals surface area contributed by atoms with Crippen molar-refractivity contribution in [2.75, 3.05) is 11.9 Å². The molecule has 4 nitrogen and oxygen atoms in total. The fourth-order valence-electron chi connectivity index (χ4n) is 3.31. The van der Waals surface area contributed by atoms with Gasteiger partial charge < -0.3 is 15.6 Å². The van der Waals surface area contributed by atoms with Crippen LogP contribution in [0.15, 0.2) is 35.3 Å². The van der Waals surface area contributed by atoms with Crippen molar-refractivity contribution in [2.45, 2.75) is 51.1 Å². The molecule has 1 aromatic heterocycles. The van der Waals surface area contributed by atoms with Crippen LogP contribution in [0.5, 0.6) is 0 Å². The van der Waals surface area contributed by atoms with Gasteiger partial charge in [0.05, 0.1) is 0 Å². The smallest absolute Gasteiger partial charge is 0.255 e. The number of nitrogens with one attached hydrogen (secondary N) is 3. The van der Waals surface area contributed by atoms with Gasteiger partial charge in [0.1, 0.15) is 0 Å². The fraction of sp³-hybridized carbons (Fsp3) is 0.500. The van der Waals surface area contributed by atoms with Crippen molar-refractivity contribution in [2.24, 2.45) is 0 Å². The predicted octanol–water partition coefficient (Wildman–Crippen LogP) is 3.25. The van der Waals surface area contributed by atoms with Crippen LogP contribution in [0.25, 0.3) is 10.8 Å². The second kappa shape index (κ2) is 6.97. The van der Waals surface area contributed by atoms with Crippen LogP contribution in [0.2, 0.25) is 0 Å². The largest absolute Gasteiger partial charge is 0.382 e. The van der Waals surface area contributed by atoms with Crippen molar-refractivity contribution in [1.29, 1.82) is 0 Å². The Kier molecular flexibility index (Phi) is 4.78. The molecule has 4 heteroatoms. The van der Waals surface area contributed by atoms with Gasteiger partial charge in [-0.15, -0.1) is 0 Å². The SMILES string of the molecule is CCCN[C@H]1CC[C@@H](Nc2ccc3c(=O)[nH]ccc3c2)CC1. The van der Waals surface area contributed by atoms with Crippen molar-refractivity contribution in [3.63, 3.8) is 0 Å². The zero-order valence-corrected chi connectivity index (χ0v) is 13.2. The van der Waals surface area contributed by atoms with E-state index in [0.29, 0.717) is 12.1 Å². The van der Waals surface area contributed by atoms with Crippen molar-refractivity contribution in [1.82, 2.24) is 10.3 Å². The highest BCUT2D eigenvalue weighted by atomic mass is 16.1. The predicted molar refractivity (Wildman–Crippen MR) is 92.5 cm³/mol. The number of rotatable bonds is 5. The van der Waals surface area contributed by atoms with E-state index in [0.717, 1.165) is 23.0 Å². The lowest BCUT2D eigenvalue weighted by molar-refractivity contribution is 0.355. The summed E-state index contributed by atoms with van der Waals surface area (Å²) in [4.78, 5) is 14.4. The molecule has 0 saturated heterocycles. The number of hydrogen-bond donors (Lipinski definition) is 3. The average Bonchev–Trinajstić information content (AvgIpc) is 2.54. The van der Waals surface area contributed by atoms with Crippen LogP contribution in [0.4, 0.5) is 5.69 Å². The summed E-state index contributed by atoms with van der Waals surface area (Å²) in [7, 11) is 0. The van der Waals surface area contributed by atoms with Crippen LogP contribution in [-0.4, -0.2) is 23.6 Å². The van der Waals surface area contributed by atoms with E-state index in [1.165, 1.54) is 32.1 Å². The summed E-state index contributed by atoms with van der Waals surface area (Å²) in [5, 5.41) is 8.99. The van der Waals surface area contributed by atoms with Gasteiger partial charge in [-0.25, -0.2) is 0 Å². The van der Waals surface area contributed by atoms with Crippen LogP contribution < -0.4 is 16.2 Å². The molecular formula is C18H25N3O. The molecule has 2 aromatic rings. The Morgan fingerprint density at radius 3 is 2.68 bits per heavy atom. The first-order valence-electron chi connectivity index (χ1n) is 8.37. The van der Waals surface area contributed by atoms with Crippen LogP contribution in [0, 0.1) is 0 Å². The monoisotopic (exact) mass is 299 g/mol. The molecule has 3 N–H and O–H groups in total. The Morgan fingerprint density at radius 2 is 1.91 bits per heavy atom. The zero-order valence-electron chi connectivity index (χ0n) is 13.2. The summed E-state index contributed by atoms with van der Waals surface area (Å²) in [6, 6.07) is 9.18. The Hall–Kier alpha value is -1.81. The van der Waals surface area contributed by atoms with E-state index >= 15 is 0 Å². The lowest BCUT2D eigenvalue weighted by Gasteiger charge is -2.30. The molecule has 1 saturated carbocycles. The van der Waals surface area contributed by atoms with E-state index < -0.39 is 0 Å². The second-order valence-corrected chi connectivity index (χ2v) is 6.26. The third kappa shape index (κ3) is 3.50. The summed E-state index contributed by atoms with van der Waals surface area (Å²) in [5.74, 6) is 0. The topological polar surface area (TPSA) is 56.9 Å². The summed E-state index contributed by atoms with van der Waals surface area (Å²) >= 11 is 0. The molecule has 118 valence electrons. The van der Waals surface area contributed by atoms with Crippen molar-refractivity contribution in [3.05, 3.63) is 40.8 Å². The lowest BCUT2D eigenvalue weighted by Crippen LogP contribution is -2.37. The maximum Gasteiger partial charge on any atom is 0.255 e. The molecule has 0 bridgehead atoms. The molecule has 1 fully saturated rings. The maximum atomic E-state index is 11.7. The van der Waals surface area contributed by atoms with Gasteiger partial charge in [0, 0.05) is 29.4 Å². The Balaban J connectivity index is 1.61. The highest BCUT2D eigenvalue weighted by Gasteiger charge is 2.20. The standard InChI is InChI=1S/C18H25N3O/c1-2-10-19-14-3-5-15(6-4-14)21-16-7-8-17-13(12-16)9-11-20-18(17)22/h7-9,11-12,14-15,19,21H,2-6,10H2,1H3,(H,20,22)/t14-,15+. The maximum absolute atomic E-state index is 11.7. The molecule has 0 radical (unpaired) electrons. The number of anilines is 1. The third-order valence-electron chi connectivity index (χ3n) is 4.55. The van der Waals surface area contributed by atoms with Crippen molar-refractivity contribution in [3.8, 4) is 0 Å². The lowest BCUT2D eigenvalue weighted by atomic mass is 9.91. The molecule has 0 amide bonds. The minimum absolute atomic E-state index is 0.0217. The van der Waals surface area contributed by atoms with Crippen LogP contribution in [-0.2, 0) is 0 Å². The summed E-state index contributed by atoms with van der Waals surface area (Å²) in [6.07, 6.45) is 7.80. The molecule has 1 aliphatic rings. The van der Waals surface area contributed by atoms with Gasteiger partial charge in [0.15, 0.2) is 0 Å². The first kappa shape index (κ1) is 15.1. The van der Waals surface area contributed by atoms with E-state index in [-0.39, 0.29) is 5.56 Å². The van der Waals surface area contributed by atoms with E-state index in [1.54, 1.807) is 6.20 Å².